The molecular weight excluding hydrogens is 1030 g/mol. The van der Waals surface area contributed by atoms with Gasteiger partial charge in [-0.1, -0.05) is 258 Å². The molecule has 1 aromatic heterocycles. The molecule has 1 aliphatic heterocycles. The lowest BCUT2D eigenvalue weighted by molar-refractivity contribution is 0.303. The fourth-order valence-corrected chi connectivity index (χ4v) is 16.7. The highest BCUT2D eigenvalue weighted by molar-refractivity contribution is 6.18. The van der Waals surface area contributed by atoms with Crippen LogP contribution in [0.25, 0.3) is 99.8 Å². The first-order valence-corrected chi connectivity index (χ1v) is 30.4. The van der Waals surface area contributed by atoms with E-state index in [0.29, 0.717) is 6.61 Å². The van der Waals surface area contributed by atoms with Crippen molar-refractivity contribution in [1.82, 2.24) is 0 Å². The predicted octanol–water partition coefficient (Wildman–Crippen LogP) is 21.2. The third kappa shape index (κ3) is 6.60. The highest BCUT2D eigenvalue weighted by atomic mass is 16.5. The van der Waals surface area contributed by atoms with Crippen molar-refractivity contribution in [2.45, 2.75) is 69.3 Å². The van der Waals surface area contributed by atoms with Gasteiger partial charge < -0.3 is 9.15 Å². The van der Waals surface area contributed by atoms with E-state index in [4.69, 9.17) is 9.15 Å². The van der Waals surface area contributed by atoms with Gasteiger partial charge in [-0.3, -0.25) is 0 Å². The largest absolute Gasteiger partial charge is 0.488 e. The molecule has 18 rings (SSSR count). The number of furan rings is 1. The molecule has 1 unspecified atom stereocenters. The van der Waals surface area contributed by atoms with Gasteiger partial charge in [-0.05, 0) is 159 Å². The second-order valence-corrected chi connectivity index (χ2v) is 25.6. The minimum absolute atomic E-state index is 0.0735. The fourth-order valence-electron chi connectivity index (χ4n) is 16.7. The number of fused-ring (bicyclic) bond motifs is 24. The SMILES string of the molecule is CC1(C)c2cc(C(CCc3ccc4c(c3)C(C)(C)c3cc(-c5ccccc5)c5oc6ccccc6c5c3-4)c3ccc4c(c3)C3(c5ccccc5-c5ccccc53)c3ccccc3-4)ccc2-c2c1cc(-c1ccccc1)c1c2-c2ccccc2CO1. The van der Waals surface area contributed by atoms with Crippen molar-refractivity contribution in [2.24, 2.45) is 0 Å². The Bertz CT molecular complexity index is 4950. The summed E-state index contributed by atoms with van der Waals surface area (Å²) in [4.78, 5) is 0. The molecule has 4 aliphatic carbocycles. The molecule has 0 N–H and O–H groups in total. The molecule has 0 saturated carbocycles. The number of hydrogen-bond donors (Lipinski definition) is 0. The van der Waals surface area contributed by atoms with E-state index in [0.717, 1.165) is 40.9 Å². The summed E-state index contributed by atoms with van der Waals surface area (Å²) in [6, 6.07) is 94.1. The third-order valence-electron chi connectivity index (χ3n) is 20.7. The number of ether oxygens (including phenoxy) is 1. The van der Waals surface area contributed by atoms with Crippen LogP contribution in [-0.2, 0) is 29.3 Å². The molecule has 2 heterocycles. The Labute approximate surface area is 496 Å². The van der Waals surface area contributed by atoms with Gasteiger partial charge in [-0.15, -0.1) is 0 Å². The Morgan fingerprint density at radius 3 is 1.56 bits per heavy atom. The average Bonchev–Trinajstić information content (AvgIpc) is 1.82. The molecule has 2 heteroatoms. The van der Waals surface area contributed by atoms with E-state index in [2.05, 4.69) is 276 Å². The molecule has 13 aromatic rings. The Balaban J connectivity index is 0.810. The first kappa shape index (κ1) is 48.7. The van der Waals surface area contributed by atoms with Gasteiger partial charge in [0.25, 0.3) is 0 Å². The minimum Gasteiger partial charge on any atom is -0.488 e. The zero-order chi connectivity index (χ0) is 56.5. The van der Waals surface area contributed by atoms with E-state index in [1.165, 1.54) is 144 Å². The fraction of sp³-hybridized carbons (Fsp3) is 0.133. The zero-order valence-corrected chi connectivity index (χ0v) is 48.2. The molecule has 5 aliphatic rings. The molecule has 0 fully saturated rings. The van der Waals surface area contributed by atoms with Crippen molar-refractivity contribution < 1.29 is 9.15 Å². The Morgan fingerprint density at radius 1 is 0.376 bits per heavy atom. The van der Waals surface area contributed by atoms with Crippen molar-refractivity contribution in [3.05, 3.63) is 315 Å². The second kappa shape index (κ2) is 17.6. The number of rotatable bonds is 7. The van der Waals surface area contributed by atoms with Crippen LogP contribution in [0, 0.1) is 0 Å². The summed E-state index contributed by atoms with van der Waals surface area (Å²) in [7, 11) is 0. The molecule has 1 spiro atoms. The van der Waals surface area contributed by atoms with Crippen molar-refractivity contribution in [2.75, 3.05) is 0 Å². The van der Waals surface area contributed by atoms with Crippen molar-refractivity contribution in [3.63, 3.8) is 0 Å². The Morgan fingerprint density at radius 2 is 0.882 bits per heavy atom. The summed E-state index contributed by atoms with van der Waals surface area (Å²) in [5, 5.41) is 2.38. The predicted molar refractivity (Wildman–Crippen MR) is 349 cm³/mol. The van der Waals surface area contributed by atoms with Crippen LogP contribution in [0.15, 0.2) is 253 Å². The normalized spacial score (nSPS) is 15.4. The van der Waals surface area contributed by atoms with Crippen molar-refractivity contribution in [3.8, 4) is 83.6 Å². The van der Waals surface area contributed by atoms with Gasteiger partial charge in [0, 0.05) is 44.2 Å². The number of hydrogen-bond acceptors (Lipinski definition) is 2. The molecular formula is C83H60O2. The van der Waals surface area contributed by atoms with E-state index < -0.39 is 5.41 Å². The smallest absolute Gasteiger partial charge is 0.143 e. The van der Waals surface area contributed by atoms with Gasteiger partial charge in [0.05, 0.1) is 5.41 Å². The third-order valence-corrected chi connectivity index (χ3v) is 20.7. The monoisotopic (exact) mass is 1090 g/mol. The molecule has 404 valence electrons. The second-order valence-electron chi connectivity index (χ2n) is 25.6. The van der Waals surface area contributed by atoms with Crippen LogP contribution in [-0.4, -0.2) is 0 Å². The summed E-state index contributed by atoms with van der Waals surface area (Å²) in [5.74, 6) is 1.06. The molecule has 0 saturated heterocycles. The van der Waals surface area contributed by atoms with Crippen LogP contribution in [0.3, 0.4) is 0 Å². The lowest BCUT2D eigenvalue weighted by Gasteiger charge is -2.31. The molecule has 12 aromatic carbocycles. The van der Waals surface area contributed by atoms with Crippen LogP contribution >= 0.6 is 0 Å². The maximum Gasteiger partial charge on any atom is 0.143 e. The number of benzene rings is 12. The van der Waals surface area contributed by atoms with Gasteiger partial charge in [0.2, 0.25) is 0 Å². The zero-order valence-electron chi connectivity index (χ0n) is 48.2. The maximum atomic E-state index is 6.89. The van der Waals surface area contributed by atoms with E-state index in [-0.39, 0.29) is 16.7 Å². The van der Waals surface area contributed by atoms with Crippen LogP contribution in [0.2, 0.25) is 0 Å². The first-order valence-electron chi connectivity index (χ1n) is 30.4. The summed E-state index contributed by atoms with van der Waals surface area (Å²) < 4.78 is 13.7. The van der Waals surface area contributed by atoms with Gasteiger partial charge in [-0.25, -0.2) is 0 Å². The van der Waals surface area contributed by atoms with Gasteiger partial charge >= 0.3 is 0 Å². The van der Waals surface area contributed by atoms with Gasteiger partial charge in [0.15, 0.2) is 0 Å². The molecule has 0 amide bonds. The highest BCUT2D eigenvalue weighted by Crippen LogP contribution is 2.64. The Kier molecular flexibility index (Phi) is 10.1. The summed E-state index contributed by atoms with van der Waals surface area (Å²) in [6.07, 6.45) is 1.83. The lowest BCUT2D eigenvalue weighted by atomic mass is 9.70. The maximum absolute atomic E-state index is 6.89. The Hall–Kier alpha value is -9.76. The van der Waals surface area contributed by atoms with E-state index in [1.807, 2.05) is 0 Å². The quantitative estimate of drug-likeness (QED) is 0.159. The van der Waals surface area contributed by atoms with E-state index in [9.17, 15) is 0 Å². The highest BCUT2D eigenvalue weighted by Gasteiger charge is 2.52. The van der Waals surface area contributed by atoms with E-state index >= 15 is 0 Å². The standard InChI is InChI=1S/C83H60O2/c1-81(2)69-43-49(36-40-61(69)76-73(81)47-65(51-23-9-6-10-24-51)80-78(76)63-30-16-20-34-74(63)85-80)35-39-55(53-37-41-60-59-29-15-19-33-68(59)83(71(60)45-53)66-31-17-13-27-57(66)58-28-14-18-32-67(58)83)52-38-42-62-70(44-52)82(3,4)72-46-64(50-21-7-5-8-22-50)79-77(75(62)72)56-26-12-11-25-54(56)48-84-79/h5-34,36-38,40-47,55H,35,39,48H2,1-4H3. The number of para-hydroxylation sites is 1. The minimum atomic E-state index is -0.443. The molecule has 1 atom stereocenters. The molecule has 85 heavy (non-hydrogen) atoms. The number of aryl methyl sites for hydroxylation is 1. The van der Waals surface area contributed by atoms with Gasteiger partial charge in [0.1, 0.15) is 23.5 Å². The lowest BCUT2D eigenvalue weighted by Crippen LogP contribution is -2.26. The van der Waals surface area contributed by atoms with Crippen LogP contribution in [0.4, 0.5) is 0 Å². The van der Waals surface area contributed by atoms with Crippen LogP contribution in [0.1, 0.15) is 107 Å². The topological polar surface area (TPSA) is 22.4 Å². The first-order chi connectivity index (χ1) is 41.7. The average molecular weight is 1090 g/mol. The van der Waals surface area contributed by atoms with E-state index in [1.54, 1.807) is 0 Å². The molecule has 0 radical (unpaired) electrons. The molecule has 2 nitrogen and oxygen atoms in total. The summed E-state index contributed by atoms with van der Waals surface area (Å²) in [6.45, 7) is 10.3. The molecule has 0 bridgehead atoms. The summed E-state index contributed by atoms with van der Waals surface area (Å²) in [5.41, 5.74) is 34.8. The summed E-state index contributed by atoms with van der Waals surface area (Å²) >= 11 is 0. The van der Waals surface area contributed by atoms with Gasteiger partial charge in [-0.2, -0.15) is 0 Å². The van der Waals surface area contributed by atoms with Crippen LogP contribution < -0.4 is 4.74 Å². The van der Waals surface area contributed by atoms with Crippen molar-refractivity contribution >= 4 is 21.9 Å². The van der Waals surface area contributed by atoms with Crippen molar-refractivity contribution in [1.29, 1.82) is 0 Å². The van der Waals surface area contributed by atoms with Crippen LogP contribution in [0.5, 0.6) is 5.75 Å².